The van der Waals surface area contributed by atoms with Gasteiger partial charge in [-0.3, -0.25) is 4.79 Å². The Morgan fingerprint density at radius 3 is 2.23 bits per heavy atom. The molecule has 1 N–H and O–H groups in total. The van der Waals surface area contributed by atoms with Gasteiger partial charge in [0.1, 0.15) is 11.6 Å². The molecule has 4 rings (SSSR count). The fourth-order valence-corrected chi connectivity index (χ4v) is 5.18. The minimum absolute atomic E-state index is 0.0808. The number of sulfonamides is 1. The van der Waals surface area contributed by atoms with Crippen LogP contribution in [0.25, 0.3) is 10.8 Å². The van der Waals surface area contributed by atoms with Crippen molar-refractivity contribution in [1.29, 1.82) is 0 Å². The summed E-state index contributed by atoms with van der Waals surface area (Å²) in [6, 6.07) is 13.8. The van der Waals surface area contributed by atoms with Crippen LogP contribution in [0.3, 0.4) is 0 Å². The van der Waals surface area contributed by atoms with Crippen molar-refractivity contribution >= 4 is 38.3 Å². The molecule has 6 nitrogen and oxygen atoms in total. The fourth-order valence-electron chi connectivity index (χ4n) is 3.49. The molecule has 0 atom stereocenters. The zero-order valence-corrected chi connectivity index (χ0v) is 17.3. The number of rotatable bonds is 3. The van der Waals surface area contributed by atoms with Gasteiger partial charge in [0.25, 0.3) is 5.91 Å². The summed E-state index contributed by atoms with van der Waals surface area (Å²) in [4.78, 5) is 14.3. The molecule has 1 amide bonds. The van der Waals surface area contributed by atoms with Gasteiger partial charge in [-0.1, -0.05) is 35.9 Å². The van der Waals surface area contributed by atoms with E-state index in [1.807, 2.05) is 24.3 Å². The Labute approximate surface area is 178 Å². The summed E-state index contributed by atoms with van der Waals surface area (Å²) in [5.41, 5.74) is 0.176. The number of phenolic OH excluding ortho intramolecular Hbond substituents is 1. The number of benzene rings is 3. The molecule has 1 aliphatic rings. The zero-order chi connectivity index (χ0) is 21.5. The van der Waals surface area contributed by atoms with Crippen LogP contribution >= 0.6 is 11.6 Å². The summed E-state index contributed by atoms with van der Waals surface area (Å²) < 4.78 is 40.2. The molecule has 3 aromatic carbocycles. The van der Waals surface area contributed by atoms with Crippen molar-refractivity contribution in [3.05, 3.63) is 71.0 Å². The van der Waals surface area contributed by atoms with Crippen LogP contribution in [-0.2, 0) is 10.0 Å². The van der Waals surface area contributed by atoms with E-state index in [9.17, 15) is 22.7 Å². The van der Waals surface area contributed by atoms with Crippen LogP contribution in [0.15, 0.2) is 59.5 Å². The highest BCUT2D eigenvalue weighted by Crippen LogP contribution is 2.27. The van der Waals surface area contributed by atoms with Crippen LogP contribution in [0.4, 0.5) is 4.39 Å². The van der Waals surface area contributed by atoms with E-state index in [2.05, 4.69) is 0 Å². The molecular formula is C21H18ClFN2O4S. The lowest BCUT2D eigenvalue weighted by Crippen LogP contribution is -2.50. The van der Waals surface area contributed by atoms with Crippen molar-refractivity contribution in [1.82, 2.24) is 9.21 Å². The number of halogens is 2. The highest BCUT2D eigenvalue weighted by molar-refractivity contribution is 7.89. The van der Waals surface area contributed by atoms with Gasteiger partial charge < -0.3 is 10.0 Å². The van der Waals surface area contributed by atoms with E-state index in [0.717, 1.165) is 22.9 Å². The van der Waals surface area contributed by atoms with E-state index in [0.29, 0.717) is 0 Å². The second kappa shape index (κ2) is 7.86. The highest BCUT2D eigenvalue weighted by Gasteiger charge is 2.31. The lowest BCUT2D eigenvalue weighted by Gasteiger charge is -2.34. The standard InChI is InChI=1S/C21H18ClFN2O4S/c22-18-13-16(5-6-19(18)23)30(28,29)25-9-7-24(8-10-25)21(27)17-11-14-3-1-2-4-15(14)12-20(17)26/h1-6,11-13,26H,7-10H2. The number of hydrogen-bond donors (Lipinski definition) is 1. The lowest BCUT2D eigenvalue weighted by molar-refractivity contribution is 0.0695. The predicted molar refractivity (Wildman–Crippen MR) is 112 cm³/mol. The number of fused-ring (bicyclic) bond motifs is 1. The summed E-state index contributed by atoms with van der Waals surface area (Å²) in [6.45, 7) is 0.493. The second-order valence-electron chi connectivity index (χ2n) is 6.99. The first-order valence-corrected chi connectivity index (χ1v) is 11.1. The number of carbonyl (C=O) groups excluding carboxylic acids is 1. The third-order valence-corrected chi connectivity index (χ3v) is 7.33. The van der Waals surface area contributed by atoms with Crippen LogP contribution in [0.5, 0.6) is 5.75 Å². The number of phenols is 1. The van der Waals surface area contributed by atoms with Crippen LogP contribution in [0, 0.1) is 5.82 Å². The molecule has 1 saturated heterocycles. The Bertz CT molecular complexity index is 1240. The fraction of sp³-hybridized carbons (Fsp3) is 0.190. The number of nitrogens with zero attached hydrogens (tertiary/aromatic N) is 2. The third-order valence-electron chi connectivity index (χ3n) is 5.15. The maximum absolute atomic E-state index is 13.4. The van der Waals surface area contributed by atoms with Crippen molar-refractivity contribution in [2.75, 3.05) is 26.2 Å². The predicted octanol–water partition coefficient (Wildman–Crippen LogP) is 3.48. The van der Waals surface area contributed by atoms with Crippen molar-refractivity contribution in [3.8, 4) is 5.75 Å². The molecule has 9 heteroatoms. The molecule has 156 valence electrons. The third kappa shape index (κ3) is 3.74. The zero-order valence-electron chi connectivity index (χ0n) is 15.8. The van der Waals surface area contributed by atoms with E-state index < -0.39 is 15.8 Å². The molecule has 0 bridgehead atoms. The quantitative estimate of drug-likeness (QED) is 0.665. The maximum Gasteiger partial charge on any atom is 0.257 e. The van der Waals surface area contributed by atoms with E-state index in [-0.39, 0.29) is 53.3 Å². The minimum atomic E-state index is -3.86. The first kappa shape index (κ1) is 20.6. The molecule has 0 saturated carbocycles. The SMILES string of the molecule is O=C(c1cc2ccccc2cc1O)N1CCN(S(=O)(=O)c2ccc(F)c(Cl)c2)CC1. The van der Waals surface area contributed by atoms with Crippen LogP contribution in [0.2, 0.25) is 5.02 Å². The summed E-state index contributed by atoms with van der Waals surface area (Å²) in [6.07, 6.45) is 0. The summed E-state index contributed by atoms with van der Waals surface area (Å²) in [7, 11) is -3.86. The molecule has 30 heavy (non-hydrogen) atoms. The molecule has 0 aromatic heterocycles. The molecular weight excluding hydrogens is 431 g/mol. The van der Waals surface area contributed by atoms with E-state index >= 15 is 0 Å². The molecule has 0 unspecified atom stereocenters. The normalized spacial score (nSPS) is 15.5. The van der Waals surface area contributed by atoms with Gasteiger partial charge in [0.05, 0.1) is 15.5 Å². The first-order valence-electron chi connectivity index (χ1n) is 9.23. The van der Waals surface area contributed by atoms with Crippen molar-refractivity contribution < 1.29 is 22.7 Å². The van der Waals surface area contributed by atoms with Crippen LogP contribution in [-0.4, -0.2) is 54.8 Å². The average molecular weight is 449 g/mol. The summed E-state index contributed by atoms with van der Waals surface area (Å²) in [5, 5.41) is 11.7. The lowest BCUT2D eigenvalue weighted by atomic mass is 10.0. The first-order chi connectivity index (χ1) is 14.3. The molecule has 0 spiro atoms. The molecule has 1 heterocycles. The number of amides is 1. The number of hydrogen-bond acceptors (Lipinski definition) is 4. The van der Waals surface area contributed by atoms with Crippen molar-refractivity contribution in [2.24, 2.45) is 0 Å². The van der Waals surface area contributed by atoms with Gasteiger partial charge in [0.15, 0.2) is 0 Å². The van der Waals surface area contributed by atoms with Gasteiger partial charge in [0.2, 0.25) is 10.0 Å². The van der Waals surface area contributed by atoms with Gasteiger partial charge >= 0.3 is 0 Å². The second-order valence-corrected chi connectivity index (χ2v) is 9.33. The van der Waals surface area contributed by atoms with Gasteiger partial charge in [-0.2, -0.15) is 4.31 Å². The van der Waals surface area contributed by atoms with E-state index in [1.165, 1.54) is 15.3 Å². The number of aromatic hydroxyl groups is 1. The molecule has 0 aliphatic carbocycles. The molecule has 1 aliphatic heterocycles. The summed E-state index contributed by atoms with van der Waals surface area (Å²) >= 11 is 5.71. The van der Waals surface area contributed by atoms with E-state index in [4.69, 9.17) is 11.6 Å². The molecule has 1 fully saturated rings. The molecule has 3 aromatic rings. The van der Waals surface area contributed by atoms with Gasteiger partial charge in [-0.25, -0.2) is 12.8 Å². The Morgan fingerprint density at radius 2 is 1.60 bits per heavy atom. The van der Waals surface area contributed by atoms with Gasteiger partial charge in [0, 0.05) is 26.2 Å². The largest absolute Gasteiger partial charge is 0.507 e. The minimum Gasteiger partial charge on any atom is -0.507 e. The summed E-state index contributed by atoms with van der Waals surface area (Å²) in [5.74, 6) is -1.17. The Kier molecular flexibility index (Phi) is 5.40. The number of carbonyl (C=O) groups is 1. The van der Waals surface area contributed by atoms with E-state index in [1.54, 1.807) is 12.1 Å². The molecule has 0 radical (unpaired) electrons. The smallest absolute Gasteiger partial charge is 0.257 e. The van der Waals surface area contributed by atoms with Gasteiger partial charge in [-0.15, -0.1) is 0 Å². The van der Waals surface area contributed by atoms with Gasteiger partial charge in [-0.05, 0) is 41.1 Å². The Morgan fingerprint density at radius 1 is 0.967 bits per heavy atom. The Balaban J connectivity index is 1.51. The van der Waals surface area contributed by atoms with Crippen LogP contribution in [0.1, 0.15) is 10.4 Å². The van der Waals surface area contributed by atoms with Crippen molar-refractivity contribution in [2.45, 2.75) is 4.90 Å². The van der Waals surface area contributed by atoms with Crippen LogP contribution < -0.4 is 0 Å². The number of piperazine rings is 1. The van der Waals surface area contributed by atoms with Crippen molar-refractivity contribution in [3.63, 3.8) is 0 Å². The topological polar surface area (TPSA) is 77.9 Å². The highest BCUT2D eigenvalue weighted by atomic mass is 35.5. The maximum atomic E-state index is 13.4. The monoisotopic (exact) mass is 448 g/mol. The average Bonchev–Trinajstić information content (AvgIpc) is 2.74. The Hall–Kier alpha value is -2.68.